The summed E-state index contributed by atoms with van der Waals surface area (Å²) in [4.78, 5) is 15.7. The van der Waals surface area contributed by atoms with E-state index in [1.54, 1.807) is 18.2 Å². The van der Waals surface area contributed by atoms with E-state index in [2.05, 4.69) is 10.3 Å². The molecule has 2 N–H and O–H groups in total. The molecular weight excluding hydrogens is 335 g/mol. The highest BCUT2D eigenvalue weighted by Crippen LogP contribution is 2.24. The van der Waals surface area contributed by atoms with Crippen molar-refractivity contribution in [3.05, 3.63) is 51.1 Å². The highest BCUT2D eigenvalue weighted by Gasteiger charge is 2.09. The predicted octanol–water partition coefficient (Wildman–Crippen LogP) is 4.32. The van der Waals surface area contributed by atoms with E-state index in [0.717, 1.165) is 5.56 Å². The third-order valence-electron chi connectivity index (χ3n) is 2.66. The van der Waals surface area contributed by atoms with Crippen LogP contribution in [0.25, 0.3) is 0 Å². The van der Waals surface area contributed by atoms with E-state index in [-0.39, 0.29) is 23.9 Å². The standard InChI is InChI=1S/C14H11Cl3N2O2/c15-9-3-8(4-10(16)5-9)1-2-13(21)19-14-12(20)6-11(17)7-18-14/h3-7,20H,1-2H2,(H,18,19,21). The second-order valence-corrected chi connectivity index (χ2v) is 5.66. The Morgan fingerprint density at radius 2 is 1.76 bits per heavy atom. The van der Waals surface area contributed by atoms with Crippen LogP contribution in [-0.4, -0.2) is 16.0 Å². The predicted molar refractivity (Wildman–Crippen MR) is 84.3 cm³/mol. The number of benzene rings is 1. The van der Waals surface area contributed by atoms with Gasteiger partial charge in [0.15, 0.2) is 11.6 Å². The molecule has 7 heteroatoms. The second kappa shape index (κ2) is 6.98. The van der Waals surface area contributed by atoms with Crippen molar-refractivity contribution in [3.63, 3.8) is 0 Å². The first kappa shape index (κ1) is 15.9. The first-order valence-electron chi connectivity index (χ1n) is 6.03. The maximum absolute atomic E-state index is 11.8. The van der Waals surface area contributed by atoms with Gasteiger partial charge in [0.1, 0.15) is 0 Å². The number of pyridine rings is 1. The van der Waals surface area contributed by atoms with E-state index in [9.17, 15) is 9.90 Å². The lowest BCUT2D eigenvalue weighted by Crippen LogP contribution is -2.13. The number of rotatable bonds is 4. The van der Waals surface area contributed by atoms with Crippen molar-refractivity contribution in [1.29, 1.82) is 0 Å². The number of hydrogen-bond acceptors (Lipinski definition) is 3. The highest BCUT2D eigenvalue weighted by molar-refractivity contribution is 6.34. The van der Waals surface area contributed by atoms with Crippen molar-refractivity contribution in [2.45, 2.75) is 12.8 Å². The molecule has 4 nitrogen and oxygen atoms in total. The summed E-state index contributed by atoms with van der Waals surface area (Å²) in [5, 5.41) is 13.5. The zero-order valence-corrected chi connectivity index (χ0v) is 13.0. The number of carbonyl (C=O) groups excluding carboxylic acids is 1. The fraction of sp³-hybridized carbons (Fsp3) is 0.143. The molecule has 0 atom stereocenters. The zero-order chi connectivity index (χ0) is 15.4. The molecule has 0 aliphatic heterocycles. The van der Waals surface area contributed by atoms with Crippen LogP contribution in [-0.2, 0) is 11.2 Å². The summed E-state index contributed by atoms with van der Waals surface area (Å²) >= 11 is 17.4. The number of nitrogens with one attached hydrogen (secondary N) is 1. The molecule has 0 aliphatic rings. The Morgan fingerprint density at radius 1 is 1.10 bits per heavy atom. The Balaban J connectivity index is 1.95. The summed E-state index contributed by atoms with van der Waals surface area (Å²) in [6, 6.07) is 6.43. The van der Waals surface area contributed by atoms with Crippen molar-refractivity contribution >= 4 is 46.5 Å². The van der Waals surface area contributed by atoms with Crippen LogP contribution in [0.15, 0.2) is 30.5 Å². The monoisotopic (exact) mass is 344 g/mol. The number of nitrogens with zero attached hydrogens (tertiary/aromatic N) is 1. The summed E-state index contributed by atoms with van der Waals surface area (Å²) in [6.45, 7) is 0. The molecule has 0 spiro atoms. The summed E-state index contributed by atoms with van der Waals surface area (Å²) in [5.74, 6) is -0.383. The zero-order valence-electron chi connectivity index (χ0n) is 10.7. The van der Waals surface area contributed by atoms with Crippen molar-refractivity contribution in [2.24, 2.45) is 0 Å². The number of aromatic hydroxyl groups is 1. The normalized spacial score (nSPS) is 10.4. The van der Waals surface area contributed by atoms with Crippen LogP contribution >= 0.6 is 34.8 Å². The van der Waals surface area contributed by atoms with Crippen molar-refractivity contribution in [1.82, 2.24) is 4.98 Å². The number of halogens is 3. The Morgan fingerprint density at radius 3 is 2.38 bits per heavy atom. The molecule has 1 heterocycles. The third kappa shape index (κ3) is 4.77. The minimum absolute atomic E-state index is 0.0773. The highest BCUT2D eigenvalue weighted by atomic mass is 35.5. The topological polar surface area (TPSA) is 62.2 Å². The van der Waals surface area contributed by atoms with E-state index >= 15 is 0 Å². The first-order valence-corrected chi connectivity index (χ1v) is 7.17. The van der Waals surface area contributed by atoms with Crippen molar-refractivity contribution in [2.75, 3.05) is 5.32 Å². The molecule has 21 heavy (non-hydrogen) atoms. The lowest BCUT2D eigenvalue weighted by Gasteiger charge is -2.07. The fourth-order valence-corrected chi connectivity index (χ4v) is 2.46. The Bertz CT molecular complexity index is 657. The summed E-state index contributed by atoms with van der Waals surface area (Å²) < 4.78 is 0. The summed E-state index contributed by atoms with van der Waals surface area (Å²) in [7, 11) is 0. The van der Waals surface area contributed by atoms with Gasteiger partial charge < -0.3 is 10.4 Å². The fourth-order valence-electron chi connectivity index (χ4n) is 1.73. The van der Waals surface area contributed by atoms with Gasteiger partial charge in [0.25, 0.3) is 0 Å². The molecular formula is C14H11Cl3N2O2. The van der Waals surface area contributed by atoms with Crippen LogP contribution in [0.1, 0.15) is 12.0 Å². The molecule has 0 aliphatic carbocycles. The summed E-state index contributed by atoms with van der Waals surface area (Å²) in [5.41, 5.74) is 0.857. The maximum Gasteiger partial charge on any atom is 0.225 e. The van der Waals surface area contributed by atoms with E-state index in [1.807, 2.05) is 0 Å². The average molecular weight is 346 g/mol. The SMILES string of the molecule is O=C(CCc1cc(Cl)cc(Cl)c1)Nc1ncc(Cl)cc1O. The van der Waals surface area contributed by atoms with Gasteiger partial charge in [-0.1, -0.05) is 34.8 Å². The number of carbonyl (C=O) groups is 1. The molecule has 110 valence electrons. The Labute approximate surface area is 136 Å². The maximum atomic E-state index is 11.8. The van der Waals surface area contributed by atoms with Crippen molar-refractivity contribution in [3.8, 4) is 5.75 Å². The van der Waals surface area contributed by atoms with E-state index < -0.39 is 0 Å². The van der Waals surface area contributed by atoms with Crippen LogP contribution in [0.2, 0.25) is 15.1 Å². The van der Waals surface area contributed by atoms with E-state index in [1.165, 1.54) is 12.3 Å². The second-order valence-electron chi connectivity index (χ2n) is 4.35. The van der Waals surface area contributed by atoms with Gasteiger partial charge in [-0.25, -0.2) is 4.98 Å². The molecule has 0 radical (unpaired) electrons. The van der Waals surface area contributed by atoms with Crippen LogP contribution in [0.5, 0.6) is 5.75 Å². The van der Waals surface area contributed by atoms with Gasteiger partial charge in [0.2, 0.25) is 5.91 Å². The van der Waals surface area contributed by atoms with E-state index in [0.29, 0.717) is 21.5 Å². The lowest BCUT2D eigenvalue weighted by molar-refractivity contribution is -0.116. The van der Waals surface area contributed by atoms with Gasteiger partial charge in [0.05, 0.1) is 5.02 Å². The van der Waals surface area contributed by atoms with Gasteiger partial charge >= 0.3 is 0 Å². The van der Waals surface area contributed by atoms with E-state index in [4.69, 9.17) is 34.8 Å². The van der Waals surface area contributed by atoms with Gasteiger partial charge in [-0.2, -0.15) is 0 Å². The van der Waals surface area contributed by atoms with Crippen LogP contribution < -0.4 is 5.32 Å². The minimum Gasteiger partial charge on any atom is -0.504 e. The number of amides is 1. The van der Waals surface area contributed by atoms with Crippen LogP contribution in [0.4, 0.5) is 5.82 Å². The Hall–Kier alpha value is -1.49. The molecule has 0 unspecified atom stereocenters. The molecule has 0 bridgehead atoms. The number of anilines is 1. The Kier molecular flexibility index (Phi) is 5.28. The lowest BCUT2D eigenvalue weighted by atomic mass is 10.1. The molecule has 2 rings (SSSR count). The molecule has 1 aromatic heterocycles. The van der Waals surface area contributed by atoms with Gasteiger partial charge in [-0.3, -0.25) is 4.79 Å². The van der Waals surface area contributed by atoms with Gasteiger partial charge in [-0.15, -0.1) is 0 Å². The largest absolute Gasteiger partial charge is 0.504 e. The van der Waals surface area contributed by atoms with Gasteiger partial charge in [0, 0.05) is 28.7 Å². The molecule has 0 saturated carbocycles. The summed E-state index contributed by atoms with van der Waals surface area (Å²) in [6.07, 6.45) is 2.02. The molecule has 1 amide bonds. The molecule has 0 fully saturated rings. The minimum atomic E-state index is -0.281. The van der Waals surface area contributed by atoms with Crippen LogP contribution in [0, 0.1) is 0 Å². The molecule has 1 aromatic carbocycles. The molecule has 2 aromatic rings. The molecule has 0 saturated heterocycles. The smallest absolute Gasteiger partial charge is 0.225 e. The third-order valence-corrected chi connectivity index (χ3v) is 3.30. The first-order chi connectivity index (χ1) is 9.94. The van der Waals surface area contributed by atoms with Crippen molar-refractivity contribution < 1.29 is 9.90 Å². The number of aromatic nitrogens is 1. The quantitative estimate of drug-likeness (QED) is 0.867. The van der Waals surface area contributed by atoms with Gasteiger partial charge in [-0.05, 0) is 30.2 Å². The van der Waals surface area contributed by atoms with Crippen LogP contribution in [0.3, 0.4) is 0 Å². The number of hydrogen-bond donors (Lipinski definition) is 2. The average Bonchev–Trinajstić information content (AvgIpc) is 2.39. The number of aryl methyl sites for hydroxylation is 1.